The molecule has 2 heterocycles. The summed E-state index contributed by atoms with van der Waals surface area (Å²) in [4.78, 5) is 21.5. The van der Waals surface area contributed by atoms with Crippen molar-refractivity contribution >= 4 is 28.4 Å². The van der Waals surface area contributed by atoms with Crippen molar-refractivity contribution in [3.05, 3.63) is 95.4 Å². The third kappa shape index (κ3) is 3.81. The van der Waals surface area contributed by atoms with Crippen LogP contribution in [0.2, 0.25) is 0 Å². The second-order valence-electron chi connectivity index (χ2n) is 6.27. The maximum Gasteiger partial charge on any atom is 0.262 e. The van der Waals surface area contributed by atoms with E-state index in [1.807, 2.05) is 31.2 Å². The highest BCUT2D eigenvalue weighted by molar-refractivity contribution is 6.04. The van der Waals surface area contributed by atoms with Crippen LogP contribution < -0.4 is 10.9 Å². The fourth-order valence-corrected chi connectivity index (χ4v) is 2.67. The van der Waals surface area contributed by atoms with Crippen LogP contribution in [0.1, 0.15) is 15.9 Å². The zero-order chi connectivity index (χ0) is 19.5. The summed E-state index contributed by atoms with van der Waals surface area (Å²) in [6.45, 7) is 1.92. The average Bonchev–Trinajstić information content (AvgIpc) is 2.71. The van der Waals surface area contributed by atoms with Gasteiger partial charge in [-0.2, -0.15) is 0 Å². The predicted molar refractivity (Wildman–Crippen MR) is 105 cm³/mol. The highest BCUT2D eigenvalue weighted by Crippen LogP contribution is 2.16. The van der Waals surface area contributed by atoms with Gasteiger partial charge in [0.05, 0.1) is 5.69 Å². The highest BCUT2D eigenvalue weighted by Gasteiger charge is 2.13. The summed E-state index contributed by atoms with van der Waals surface area (Å²) < 4.78 is 19.0. The first-order valence-electron chi connectivity index (χ1n) is 8.66. The van der Waals surface area contributed by atoms with Crippen molar-refractivity contribution in [3.8, 4) is 0 Å². The van der Waals surface area contributed by atoms with E-state index in [9.17, 15) is 9.18 Å². The second-order valence-corrected chi connectivity index (χ2v) is 6.27. The van der Waals surface area contributed by atoms with Gasteiger partial charge in [0, 0.05) is 11.6 Å². The van der Waals surface area contributed by atoms with Gasteiger partial charge in [-0.05, 0) is 55.0 Å². The standard InChI is InChI=1S/C22H16FN3O2/c1-14-6-11-20(24-13-14)26-21(27)18-12-15-4-2-3-5-19(15)28-22(18)25-17-9-7-16(23)8-10-17/h2-13H,1H3,(H,24,26,27). The Morgan fingerprint density at radius 3 is 2.61 bits per heavy atom. The van der Waals surface area contributed by atoms with Gasteiger partial charge in [0.15, 0.2) is 0 Å². The van der Waals surface area contributed by atoms with Crippen molar-refractivity contribution in [3.63, 3.8) is 0 Å². The number of benzene rings is 2. The van der Waals surface area contributed by atoms with Gasteiger partial charge in [-0.25, -0.2) is 14.4 Å². The summed E-state index contributed by atoms with van der Waals surface area (Å²) in [6, 6.07) is 18.3. The number of aromatic nitrogens is 1. The molecule has 0 unspecified atom stereocenters. The van der Waals surface area contributed by atoms with Gasteiger partial charge in [-0.15, -0.1) is 0 Å². The Kier molecular flexibility index (Phi) is 4.68. The number of hydrogen-bond acceptors (Lipinski definition) is 4. The molecule has 0 aliphatic carbocycles. The van der Waals surface area contributed by atoms with Gasteiger partial charge >= 0.3 is 0 Å². The van der Waals surface area contributed by atoms with Crippen molar-refractivity contribution in [1.82, 2.24) is 4.98 Å². The molecule has 6 heteroatoms. The minimum Gasteiger partial charge on any atom is -0.438 e. The molecule has 1 N–H and O–H groups in total. The molecular formula is C22H16FN3O2. The fraction of sp³-hybridized carbons (Fsp3) is 0.0455. The van der Waals surface area contributed by atoms with E-state index < -0.39 is 5.91 Å². The van der Waals surface area contributed by atoms with E-state index in [1.54, 1.807) is 24.4 Å². The van der Waals surface area contributed by atoms with Crippen molar-refractivity contribution < 1.29 is 13.6 Å². The summed E-state index contributed by atoms with van der Waals surface area (Å²) in [5.41, 5.74) is 2.45. The number of pyridine rings is 1. The van der Waals surface area contributed by atoms with Crippen molar-refractivity contribution in [2.75, 3.05) is 5.32 Å². The Labute approximate surface area is 160 Å². The summed E-state index contributed by atoms with van der Waals surface area (Å²) in [7, 11) is 0. The van der Waals surface area contributed by atoms with Gasteiger partial charge in [0.25, 0.3) is 5.91 Å². The summed E-state index contributed by atoms with van der Waals surface area (Å²) in [5, 5.41) is 3.52. The van der Waals surface area contributed by atoms with Crippen LogP contribution in [0.15, 0.2) is 82.3 Å². The van der Waals surface area contributed by atoms with E-state index in [4.69, 9.17) is 4.42 Å². The molecule has 0 radical (unpaired) electrons. The third-order valence-electron chi connectivity index (χ3n) is 4.11. The van der Waals surface area contributed by atoms with E-state index in [-0.39, 0.29) is 16.9 Å². The van der Waals surface area contributed by atoms with Crippen LogP contribution in [-0.2, 0) is 0 Å². The number of nitrogens with one attached hydrogen (secondary N) is 1. The summed E-state index contributed by atoms with van der Waals surface area (Å²) in [5.74, 6) is -0.332. The molecule has 0 spiro atoms. The Morgan fingerprint density at radius 2 is 1.86 bits per heavy atom. The topological polar surface area (TPSA) is 67.5 Å². The zero-order valence-corrected chi connectivity index (χ0v) is 15.0. The number of halogens is 1. The number of nitrogens with zero attached hydrogens (tertiary/aromatic N) is 2. The van der Waals surface area contributed by atoms with Crippen LogP contribution in [-0.4, -0.2) is 10.9 Å². The molecule has 138 valence electrons. The largest absolute Gasteiger partial charge is 0.438 e. The molecule has 0 atom stereocenters. The van der Waals surface area contributed by atoms with Gasteiger partial charge in [-0.1, -0.05) is 24.3 Å². The van der Waals surface area contributed by atoms with Gasteiger partial charge in [-0.3, -0.25) is 4.79 Å². The predicted octanol–water partition coefficient (Wildman–Crippen LogP) is 4.76. The Balaban J connectivity index is 1.81. The quantitative estimate of drug-likeness (QED) is 0.563. The van der Waals surface area contributed by atoms with E-state index >= 15 is 0 Å². The van der Waals surface area contributed by atoms with Crippen LogP contribution >= 0.6 is 0 Å². The number of fused-ring (bicyclic) bond motifs is 1. The molecule has 0 aliphatic heterocycles. The Bertz CT molecular complexity index is 1210. The van der Waals surface area contributed by atoms with E-state index in [2.05, 4.69) is 15.3 Å². The summed E-state index contributed by atoms with van der Waals surface area (Å²) >= 11 is 0. The van der Waals surface area contributed by atoms with Gasteiger partial charge < -0.3 is 9.73 Å². The van der Waals surface area contributed by atoms with Gasteiger partial charge in [0.2, 0.25) is 5.55 Å². The van der Waals surface area contributed by atoms with Crippen LogP contribution in [0.3, 0.4) is 0 Å². The highest BCUT2D eigenvalue weighted by atomic mass is 19.1. The second kappa shape index (κ2) is 7.44. The van der Waals surface area contributed by atoms with E-state index in [1.165, 1.54) is 24.3 Å². The molecule has 0 bridgehead atoms. The minimum absolute atomic E-state index is 0.134. The molecule has 0 fully saturated rings. The SMILES string of the molecule is Cc1ccc(NC(=O)c2cc3ccccc3oc2=Nc2ccc(F)cc2)nc1. The molecular weight excluding hydrogens is 357 g/mol. The smallest absolute Gasteiger partial charge is 0.262 e. The third-order valence-corrected chi connectivity index (χ3v) is 4.11. The lowest BCUT2D eigenvalue weighted by Gasteiger charge is -2.06. The van der Waals surface area contributed by atoms with Crippen molar-refractivity contribution in [2.45, 2.75) is 6.92 Å². The maximum absolute atomic E-state index is 13.2. The first-order chi connectivity index (χ1) is 13.6. The Morgan fingerprint density at radius 1 is 1.07 bits per heavy atom. The Hall–Kier alpha value is -3.80. The fourth-order valence-electron chi connectivity index (χ4n) is 2.67. The normalized spacial score (nSPS) is 11.6. The molecule has 2 aromatic heterocycles. The van der Waals surface area contributed by atoms with Crippen LogP contribution in [0, 0.1) is 12.7 Å². The molecule has 4 rings (SSSR count). The number of hydrogen-bond donors (Lipinski definition) is 1. The number of carbonyl (C=O) groups excluding carboxylic acids is 1. The van der Waals surface area contributed by atoms with Crippen molar-refractivity contribution in [1.29, 1.82) is 0 Å². The molecule has 0 saturated heterocycles. The van der Waals surface area contributed by atoms with Crippen LogP contribution in [0.5, 0.6) is 0 Å². The number of para-hydroxylation sites is 1. The molecule has 0 saturated carbocycles. The monoisotopic (exact) mass is 373 g/mol. The van der Waals surface area contributed by atoms with E-state index in [0.29, 0.717) is 17.1 Å². The molecule has 1 amide bonds. The maximum atomic E-state index is 13.2. The molecule has 28 heavy (non-hydrogen) atoms. The first kappa shape index (κ1) is 17.6. The average molecular weight is 373 g/mol. The zero-order valence-electron chi connectivity index (χ0n) is 15.0. The minimum atomic E-state index is -0.397. The van der Waals surface area contributed by atoms with E-state index in [0.717, 1.165) is 10.9 Å². The van der Waals surface area contributed by atoms with Gasteiger partial charge in [0.1, 0.15) is 22.8 Å². The molecule has 2 aromatic carbocycles. The van der Waals surface area contributed by atoms with Crippen LogP contribution in [0.25, 0.3) is 11.0 Å². The number of carbonyl (C=O) groups is 1. The lowest BCUT2D eigenvalue weighted by Crippen LogP contribution is -2.22. The first-order valence-corrected chi connectivity index (χ1v) is 8.66. The molecule has 0 aliphatic rings. The molecule has 5 nitrogen and oxygen atoms in total. The number of aryl methyl sites for hydroxylation is 1. The van der Waals surface area contributed by atoms with Crippen molar-refractivity contribution in [2.24, 2.45) is 4.99 Å². The number of rotatable bonds is 3. The summed E-state index contributed by atoms with van der Waals surface area (Å²) in [6.07, 6.45) is 1.67. The number of amides is 1. The lowest BCUT2D eigenvalue weighted by molar-refractivity contribution is 0.102. The molecule has 4 aromatic rings. The lowest BCUT2D eigenvalue weighted by atomic mass is 10.1. The number of anilines is 1. The van der Waals surface area contributed by atoms with Crippen LogP contribution in [0.4, 0.5) is 15.9 Å².